The molecule has 0 radical (unpaired) electrons. The van der Waals surface area contributed by atoms with Gasteiger partial charge in [0.2, 0.25) is 11.8 Å². The summed E-state index contributed by atoms with van der Waals surface area (Å²) in [6.07, 6.45) is 18.8. The van der Waals surface area contributed by atoms with E-state index in [1.54, 1.807) is 24.2 Å². The number of carbonyl (C=O) groups excluding carboxylic acids is 3. The first-order chi connectivity index (χ1) is 35.3. The number of rotatable bonds is 12. The molecule has 7 atom stereocenters. The summed E-state index contributed by atoms with van der Waals surface area (Å²) in [5.41, 5.74) is 9.53. The number of aliphatic hydroxyl groups is 1. The van der Waals surface area contributed by atoms with Crippen LogP contribution in [0.25, 0.3) is 11.8 Å². The van der Waals surface area contributed by atoms with E-state index in [0.29, 0.717) is 42.3 Å². The van der Waals surface area contributed by atoms with Crippen molar-refractivity contribution >= 4 is 35.0 Å². The van der Waals surface area contributed by atoms with Crippen LogP contribution >= 0.6 is 0 Å². The Labute approximate surface area is 429 Å². The molecule has 11 rings (SSSR count). The van der Waals surface area contributed by atoms with Gasteiger partial charge in [0.15, 0.2) is 11.6 Å². The van der Waals surface area contributed by atoms with Gasteiger partial charge in [-0.25, -0.2) is 4.39 Å². The third-order valence-electron chi connectivity index (χ3n) is 18.3. The number of pyridine rings is 2. The highest BCUT2D eigenvalue weighted by molar-refractivity contribution is 6.11. The second kappa shape index (κ2) is 20.2. The Morgan fingerprint density at radius 1 is 0.932 bits per heavy atom. The lowest BCUT2D eigenvalue weighted by Gasteiger charge is -2.39. The molecule has 4 aromatic rings. The molecule has 2 aromatic heterocycles. The maximum absolute atomic E-state index is 14.9. The lowest BCUT2D eigenvalue weighted by Crippen LogP contribution is -2.57. The van der Waals surface area contributed by atoms with Crippen LogP contribution < -0.4 is 21.1 Å². The smallest absolute Gasteiger partial charge is 0.257 e. The Morgan fingerprint density at radius 2 is 1.73 bits per heavy atom. The summed E-state index contributed by atoms with van der Waals surface area (Å²) in [5, 5.41) is 16.1. The number of halogens is 1. The van der Waals surface area contributed by atoms with Gasteiger partial charge in [0, 0.05) is 61.2 Å². The number of aliphatic hydroxyl groups excluding tert-OH is 1. The van der Waals surface area contributed by atoms with Crippen LogP contribution in [0.3, 0.4) is 0 Å². The molecule has 1 spiro atoms. The van der Waals surface area contributed by atoms with Gasteiger partial charge in [-0.3, -0.25) is 33.6 Å². The molecule has 2 amide bonds. The number of nitrogens with zero attached hydrogens (tertiary/aromatic N) is 5. The Bertz CT molecular complexity index is 2920. The Kier molecular flexibility index (Phi) is 13.7. The molecule has 6 unspecified atom stereocenters. The fourth-order valence-corrected chi connectivity index (χ4v) is 13.8. The number of carbonyl (C=O) groups is 3. The summed E-state index contributed by atoms with van der Waals surface area (Å²) in [6, 6.07) is 18.4. The van der Waals surface area contributed by atoms with Crippen LogP contribution in [0.4, 0.5) is 15.8 Å². The van der Waals surface area contributed by atoms with Gasteiger partial charge in [0.25, 0.3) is 5.56 Å². The van der Waals surface area contributed by atoms with Crippen LogP contribution in [0.1, 0.15) is 142 Å². The fourth-order valence-electron chi connectivity index (χ4n) is 13.8. The highest BCUT2D eigenvalue weighted by atomic mass is 19.1. The van der Waals surface area contributed by atoms with E-state index >= 15 is 0 Å². The first-order valence-corrected chi connectivity index (χ1v) is 27.3. The third-order valence-corrected chi connectivity index (χ3v) is 18.3. The molecule has 4 aliphatic heterocycles. The predicted molar refractivity (Wildman–Crippen MR) is 283 cm³/mol. The third kappa shape index (κ3) is 9.54. The van der Waals surface area contributed by atoms with E-state index in [4.69, 9.17) is 0 Å². The first kappa shape index (κ1) is 49.5. The number of fused-ring (bicyclic) bond motifs is 3. The molecule has 384 valence electrons. The van der Waals surface area contributed by atoms with Gasteiger partial charge >= 0.3 is 0 Å². The molecule has 13 heteroatoms. The first-order valence-electron chi connectivity index (χ1n) is 27.3. The number of hydrogen-bond acceptors (Lipinski definition) is 9. The summed E-state index contributed by atoms with van der Waals surface area (Å²) < 4.78 is 16.3. The molecular formula is C60H72FN7O5. The van der Waals surface area contributed by atoms with Crippen molar-refractivity contribution in [3.8, 4) is 5.69 Å². The molecule has 3 aliphatic carbocycles. The molecule has 12 nitrogen and oxygen atoms in total. The Morgan fingerprint density at radius 3 is 2.47 bits per heavy atom. The van der Waals surface area contributed by atoms with Crippen molar-refractivity contribution in [3.63, 3.8) is 0 Å². The van der Waals surface area contributed by atoms with Crippen LogP contribution in [-0.4, -0.2) is 99.6 Å². The van der Waals surface area contributed by atoms with Gasteiger partial charge in [-0.05, 0) is 187 Å². The number of Topliss-reactive ketones (excluding diaryl/α,β-unsaturated/α-hetero) is 1. The van der Waals surface area contributed by atoms with Gasteiger partial charge in [-0.2, -0.15) is 0 Å². The number of ketones is 1. The Balaban J connectivity index is 0.650. The highest BCUT2D eigenvalue weighted by Crippen LogP contribution is 2.58. The van der Waals surface area contributed by atoms with E-state index in [0.717, 1.165) is 137 Å². The summed E-state index contributed by atoms with van der Waals surface area (Å²) in [6.45, 7) is 11.0. The molecule has 73 heavy (non-hydrogen) atoms. The van der Waals surface area contributed by atoms with E-state index in [1.807, 2.05) is 12.1 Å². The SMILES string of the molecule is CNc1cc(=O)n(-c2ccnc3c2C=C([C@H](C)N2CCC(c4ccc(C(=O)C5=CCCC(CN6CCC(Cc7ccc8c(c7)C7(CC7)C(=O)N8C7CCC(=O)NC7O)CC6C)CC5)cc4)CC2)C(C)C3)cc1F. The number of aromatic nitrogens is 2. The van der Waals surface area contributed by atoms with E-state index in [2.05, 4.69) is 88.7 Å². The van der Waals surface area contributed by atoms with Crippen LogP contribution in [0, 0.1) is 23.6 Å². The second-order valence-corrected chi connectivity index (χ2v) is 22.7. The molecule has 6 heterocycles. The summed E-state index contributed by atoms with van der Waals surface area (Å²) in [5.74, 6) is 1.44. The van der Waals surface area contributed by atoms with Gasteiger partial charge in [-0.15, -0.1) is 0 Å². The van der Waals surface area contributed by atoms with Gasteiger partial charge in [0.1, 0.15) is 6.23 Å². The number of nitrogens with one attached hydrogen (secondary N) is 2. The lowest BCUT2D eigenvalue weighted by molar-refractivity contribution is -0.129. The number of allylic oxidation sites excluding steroid dienone is 2. The fraction of sp³-hybridized carbons (Fsp3) is 0.517. The monoisotopic (exact) mass is 990 g/mol. The number of likely N-dealkylation sites (tertiary alicyclic amines) is 2. The summed E-state index contributed by atoms with van der Waals surface area (Å²) in [7, 11) is 1.60. The largest absolute Gasteiger partial charge is 0.386 e. The zero-order chi connectivity index (χ0) is 50.7. The molecule has 2 aromatic carbocycles. The lowest BCUT2D eigenvalue weighted by atomic mass is 9.81. The minimum absolute atomic E-state index is 0.0814. The van der Waals surface area contributed by atoms with Crippen molar-refractivity contribution in [1.29, 1.82) is 0 Å². The van der Waals surface area contributed by atoms with E-state index in [1.165, 1.54) is 33.5 Å². The quantitative estimate of drug-likeness (QED) is 0.119. The number of benzene rings is 2. The minimum atomic E-state index is -1.05. The van der Waals surface area contributed by atoms with Crippen molar-refractivity contribution in [2.75, 3.05) is 43.4 Å². The molecular weight excluding hydrogens is 918 g/mol. The molecule has 0 bridgehead atoms. The molecule has 4 fully saturated rings. The average Bonchev–Trinajstić information content (AvgIpc) is 4.21. The zero-order valence-corrected chi connectivity index (χ0v) is 43.0. The van der Waals surface area contributed by atoms with Crippen LogP contribution in [-0.2, 0) is 27.8 Å². The second-order valence-electron chi connectivity index (χ2n) is 22.7. The molecule has 3 saturated heterocycles. The van der Waals surface area contributed by atoms with E-state index < -0.39 is 23.5 Å². The van der Waals surface area contributed by atoms with Crippen LogP contribution in [0.5, 0.6) is 0 Å². The Hall–Kier alpha value is -5.76. The maximum atomic E-state index is 14.9. The number of amides is 2. The molecule has 7 aliphatic rings. The van der Waals surface area contributed by atoms with Gasteiger partial charge in [0.05, 0.1) is 34.7 Å². The summed E-state index contributed by atoms with van der Waals surface area (Å²) >= 11 is 0. The van der Waals surface area contributed by atoms with Crippen molar-refractivity contribution in [1.82, 2.24) is 24.7 Å². The van der Waals surface area contributed by atoms with Crippen molar-refractivity contribution < 1.29 is 23.9 Å². The topological polar surface area (TPSA) is 140 Å². The number of piperidine rings is 3. The van der Waals surface area contributed by atoms with Crippen molar-refractivity contribution in [2.24, 2.45) is 17.8 Å². The number of anilines is 2. The minimum Gasteiger partial charge on any atom is -0.386 e. The molecule has 1 saturated carbocycles. The van der Waals surface area contributed by atoms with Crippen LogP contribution in [0.2, 0.25) is 0 Å². The average molecular weight is 990 g/mol. The highest BCUT2D eigenvalue weighted by Gasteiger charge is 2.61. The van der Waals surface area contributed by atoms with E-state index in [-0.39, 0.29) is 40.8 Å². The van der Waals surface area contributed by atoms with Crippen molar-refractivity contribution in [2.45, 2.75) is 146 Å². The maximum Gasteiger partial charge on any atom is 0.257 e. The van der Waals surface area contributed by atoms with Crippen molar-refractivity contribution in [3.05, 3.63) is 134 Å². The van der Waals surface area contributed by atoms with Crippen LogP contribution in [0.15, 0.2) is 89.0 Å². The molecule has 3 N–H and O–H groups in total. The van der Waals surface area contributed by atoms with Gasteiger partial charge < -0.3 is 25.5 Å². The number of hydrogen-bond donors (Lipinski definition) is 3. The standard InChI is InChI=1S/C60H72FN7O5/c1-36-28-50-47(52(18-24-63-50)67-35-49(61)51(62-4)33-56(67)70)32-46(36)38(3)65-26-20-43(21-27-65)42-11-13-45(14-12-42)57(71)44-7-5-6-39(8-10-44)34-66-25-19-41(29-37(66)2)30-40-9-15-53-48(31-40)60(22-23-60)59(73)68(53)54-16-17-55(69)64-58(54)72/h7,9,11-15,18,24,31-33,35-39,41,43,54,58,62,72H,5-6,8,10,16-17,19-23,25-30,34H2,1-4H3,(H,64,69)/t36?,37?,38-,39?,41?,54?,58?/m0/s1. The summed E-state index contributed by atoms with van der Waals surface area (Å²) in [4.78, 5) is 64.5. The van der Waals surface area contributed by atoms with E-state index in [9.17, 15) is 28.7 Å². The predicted octanol–water partition coefficient (Wildman–Crippen LogP) is 8.87. The normalized spacial score (nSPS) is 26.8. The zero-order valence-electron chi connectivity index (χ0n) is 43.0. The van der Waals surface area contributed by atoms with Gasteiger partial charge in [-0.1, -0.05) is 49.4 Å².